The summed E-state index contributed by atoms with van der Waals surface area (Å²) in [5.74, 6) is -0.219. The third kappa shape index (κ3) is 4.00. The van der Waals surface area contributed by atoms with Crippen LogP contribution in [-0.2, 0) is 9.47 Å². The zero-order chi connectivity index (χ0) is 20.2. The van der Waals surface area contributed by atoms with Gasteiger partial charge in [-0.1, -0.05) is 18.2 Å². The van der Waals surface area contributed by atoms with Gasteiger partial charge < -0.3 is 15.2 Å². The van der Waals surface area contributed by atoms with Gasteiger partial charge in [-0.3, -0.25) is 5.01 Å². The van der Waals surface area contributed by atoms with E-state index >= 15 is 0 Å². The normalized spacial score (nSPS) is 14.5. The summed E-state index contributed by atoms with van der Waals surface area (Å²) in [4.78, 5) is 31.9. The lowest BCUT2D eigenvalue weighted by molar-refractivity contribution is 0.0376. The lowest BCUT2D eigenvalue weighted by Crippen LogP contribution is -2.47. The van der Waals surface area contributed by atoms with Crippen molar-refractivity contribution >= 4 is 34.5 Å². The predicted molar refractivity (Wildman–Crippen MR) is 106 cm³/mol. The van der Waals surface area contributed by atoms with Crippen molar-refractivity contribution in [1.82, 2.24) is 15.0 Å². The minimum absolute atomic E-state index is 0.183. The molecule has 4 rings (SSSR count). The van der Waals surface area contributed by atoms with E-state index in [2.05, 4.69) is 19.7 Å². The molecule has 9 heteroatoms. The van der Waals surface area contributed by atoms with Gasteiger partial charge in [-0.2, -0.15) is 0 Å². The number of ether oxygens (including phenoxy) is 2. The van der Waals surface area contributed by atoms with Crippen LogP contribution >= 0.6 is 0 Å². The average Bonchev–Trinajstić information content (AvgIpc) is 2.75. The Bertz CT molecular complexity index is 1040. The summed E-state index contributed by atoms with van der Waals surface area (Å²) < 4.78 is 10.00. The summed E-state index contributed by atoms with van der Waals surface area (Å²) in [5.41, 5.74) is 6.71. The number of rotatable bonds is 4. The zero-order valence-electron chi connectivity index (χ0n) is 15.5. The Morgan fingerprint density at radius 2 is 1.83 bits per heavy atom. The van der Waals surface area contributed by atoms with Gasteiger partial charge >= 0.3 is 12.1 Å². The lowest BCUT2D eigenvalue weighted by atomic mass is 10.1. The third-order valence-corrected chi connectivity index (χ3v) is 4.51. The molecule has 1 aliphatic heterocycles. The number of hydrogen-bond acceptors (Lipinski definition) is 8. The fourth-order valence-electron chi connectivity index (χ4n) is 3.23. The number of benzene rings is 2. The molecule has 29 heavy (non-hydrogen) atoms. The van der Waals surface area contributed by atoms with E-state index in [-0.39, 0.29) is 5.56 Å². The third-order valence-electron chi connectivity index (χ3n) is 4.51. The Morgan fingerprint density at radius 3 is 2.55 bits per heavy atom. The number of carbonyl (C=O) groups excluding carboxylic acids is 2. The average molecular weight is 393 g/mol. The number of amides is 1. The van der Waals surface area contributed by atoms with Crippen molar-refractivity contribution < 1.29 is 19.1 Å². The van der Waals surface area contributed by atoms with Gasteiger partial charge in [0.2, 0.25) is 0 Å². The molecule has 1 aliphatic rings. The molecular formula is C20H19N5O4. The molecular weight excluding hydrogens is 374 g/mol. The highest BCUT2D eigenvalue weighted by Crippen LogP contribution is 2.32. The van der Waals surface area contributed by atoms with Crippen LogP contribution in [0.15, 0.2) is 54.9 Å². The molecule has 0 atom stereocenters. The maximum absolute atomic E-state index is 12.1. The summed E-state index contributed by atoms with van der Waals surface area (Å²) in [5, 5.41) is 4.77. The van der Waals surface area contributed by atoms with Crippen LogP contribution in [0.2, 0.25) is 0 Å². The van der Waals surface area contributed by atoms with E-state index in [0.717, 1.165) is 5.69 Å². The first-order valence-corrected chi connectivity index (χ1v) is 9.07. The first-order valence-electron chi connectivity index (χ1n) is 9.07. The van der Waals surface area contributed by atoms with Gasteiger partial charge in [0, 0.05) is 18.5 Å². The number of primary amides is 1. The number of aromatic nitrogens is 2. The molecule has 0 aliphatic carbocycles. The molecule has 2 N–H and O–H groups in total. The minimum atomic E-state index is -1.15. The van der Waals surface area contributed by atoms with Crippen LogP contribution in [-0.4, -0.2) is 53.3 Å². The second kappa shape index (κ2) is 8.21. The van der Waals surface area contributed by atoms with E-state index in [1.165, 1.54) is 12.4 Å². The van der Waals surface area contributed by atoms with Gasteiger partial charge in [0.05, 0.1) is 30.0 Å². The van der Waals surface area contributed by atoms with Gasteiger partial charge in [-0.25, -0.2) is 24.6 Å². The number of para-hydroxylation sites is 1. The van der Waals surface area contributed by atoms with Crippen LogP contribution in [0.25, 0.3) is 10.9 Å². The van der Waals surface area contributed by atoms with Crippen LogP contribution in [0.1, 0.15) is 10.4 Å². The van der Waals surface area contributed by atoms with E-state index < -0.39 is 12.1 Å². The Kier molecular flexibility index (Phi) is 5.32. The Labute approximate surface area is 166 Å². The van der Waals surface area contributed by atoms with Crippen molar-refractivity contribution in [3.05, 3.63) is 60.4 Å². The number of esters is 1. The van der Waals surface area contributed by atoms with Crippen LogP contribution in [0, 0.1) is 0 Å². The van der Waals surface area contributed by atoms with Gasteiger partial charge in [-0.15, -0.1) is 0 Å². The monoisotopic (exact) mass is 393 g/mol. The second-order valence-corrected chi connectivity index (χ2v) is 6.35. The molecule has 1 saturated heterocycles. The minimum Gasteiger partial charge on any atom is -0.379 e. The molecule has 0 spiro atoms. The number of nitrogens with two attached hydrogens (primary N) is 1. The van der Waals surface area contributed by atoms with Gasteiger partial charge in [-0.05, 0) is 30.3 Å². The molecule has 1 amide bonds. The van der Waals surface area contributed by atoms with Crippen LogP contribution < -0.4 is 10.7 Å². The Balaban J connectivity index is 1.84. The molecule has 148 valence electrons. The van der Waals surface area contributed by atoms with Crippen molar-refractivity contribution in [3.8, 4) is 0 Å². The Morgan fingerprint density at radius 1 is 1.07 bits per heavy atom. The molecule has 2 heterocycles. The summed E-state index contributed by atoms with van der Waals surface area (Å²) in [7, 11) is 0. The molecule has 1 fully saturated rings. The molecule has 2 aromatic carbocycles. The van der Waals surface area contributed by atoms with Crippen molar-refractivity contribution in [2.75, 3.05) is 31.3 Å². The van der Waals surface area contributed by atoms with E-state index in [0.29, 0.717) is 43.0 Å². The second-order valence-electron chi connectivity index (χ2n) is 6.35. The molecule has 1 aromatic heterocycles. The number of carbonyl (C=O) groups is 2. The Hall–Kier alpha value is -3.56. The molecule has 0 saturated carbocycles. The van der Waals surface area contributed by atoms with Crippen LogP contribution in [0.4, 0.5) is 16.3 Å². The van der Waals surface area contributed by atoms with E-state index in [4.69, 9.17) is 10.5 Å². The van der Waals surface area contributed by atoms with Crippen molar-refractivity contribution in [2.45, 2.75) is 0 Å². The predicted octanol–water partition coefficient (Wildman–Crippen LogP) is 2.25. The fourth-order valence-corrected chi connectivity index (χ4v) is 3.23. The van der Waals surface area contributed by atoms with E-state index in [1.807, 2.05) is 35.3 Å². The number of hydrogen-bond donors (Lipinski definition) is 1. The number of nitrogens with zero attached hydrogens (tertiary/aromatic N) is 4. The maximum atomic E-state index is 12.1. The quantitative estimate of drug-likeness (QED) is 0.531. The number of hydrazine groups is 1. The molecule has 9 nitrogen and oxygen atoms in total. The highest BCUT2D eigenvalue weighted by Gasteiger charge is 2.24. The largest absolute Gasteiger partial charge is 0.412 e. The van der Waals surface area contributed by atoms with Gasteiger partial charge in [0.1, 0.15) is 6.33 Å². The van der Waals surface area contributed by atoms with Crippen LogP contribution in [0.5, 0.6) is 0 Å². The van der Waals surface area contributed by atoms with Crippen LogP contribution in [0.3, 0.4) is 0 Å². The summed E-state index contributed by atoms with van der Waals surface area (Å²) in [6.07, 6.45) is 0.328. The summed E-state index contributed by atoms with van der Waals surface area (Å²) in [6, 6.07) is 14.6. The summed E-state index contributed by atoms with van der Waals surface area (Å²) >= 11 is 0. The zero-order valence-corrected chi connectivity index (χ0v) is 15.5. The van der Waals surface area contributed by atoms with E-state index in [9.17, 15) is 9.59 Å². The van der Waals surface area contributed by atoms with Gasteiger partial charge in [0.25, 0.3) is 0 Å². The van der Waals surface area contributed by atoms with Crippen molar-refractivity contribution in [1.29, 1.82) is 0 Å². The number of fused-ring (bicyclic) bond motifs is 1. The first-order chi connectivity index (χ1) is 14.1. The molecule has 0 bridgehead atoms. The van der Waals surface area contributed by atoms with Gasteiger partial charge in [0.15, 0.2) is 5.82 Å². The lowest BCUT2D eigenvalue weighted by Gasteiger charge is -2.38. The number of anilines is 2. The standard InChI is InChI=1S/C20H19N5O4/c21-20(27)29-19(26)14-6-7-17-16(12-14)18(23-13-22-17)25(15-4-2-1-3-5-15)24-8-10-28-11-9-24/h1-7,12-13H,8-11H2,(H2,21,27). The van der Waals surface area contributed by atoms with Crippen molar-refractivity contribution in [3.63, 3.8) is 0 Å². The SMILES string of the molecule is NC(=O)OC(=O)c1ccc2ncnc(N(c3ccccc3)N3CCOCC3)c2c1. The topological polar surface area (TPSA) is 111 Å². The highest BCUT2D eigenvalue weighted by atomic mass is 16.6. The smallest absolute Gasteiger partial charge is 0.379 e. The number of morpholine rings is 1. The highest BCUT2D eigenvalue weighted by molar-refractivity contribution is 6.01. The van der Waals surface area contributed by atoms with E-state index in [1.54, 1.807) is 12.1 Å². The maximum Gasteiger partial charge on any atom is 0.412 e. The first kappa shape index (κ1) is 18.8. The molecule has 0 radical (unpaired) electrons. The van der Waals surface area contributed by atoms with Crippen molar-refractivity contribution in [2.24, 2.45) is 5.73 Å². The fraction of sp³-hybridized carbons (Fsp3) is 0.200. The summed E-state index contributed by atoms with van der Waals surface area (Å²) in [6.45, 7) is 2.57. The molecule has 3 aromatic rings. The molecule has 0 unspecified atom stereocenters.